The highest BCUT2D eigenvalue weighted by Gasteiger charge is 2.28. The molecule has 0 amide bonds. The third kappa shape index (κ3) is 3.44. The molecule has 2 aromatic rings. The molecular weight excluding hydrogens is 346 g/mol. The van der Waals surface area contributed by atoms with Gasteiger partial charge in [0.15, 0.2) is 4.77 Å². The summed E-state index contributed by atoms with van der Waals surface area (Å²) < 4.78 is 31.1. The maximum absolute atomic E-state index is 12.7. The zero-order valence-corrected chi connectivity index (χ0v) is 15.4. The molecule has 0 atom stereocenters. The van der Waals surface area contributed by atoms with Crippen LogP contribution in [0.1, 0.15) is 5.56 Å². The normalized spacial score (nSPS) is 17.2. The Balaban J connectivity index is 1.65. The average Bonchev–Trinajstić information content (AvgIpc) is 2.88. The predicted molar refractivity (Wildman–Crippen MR) is 93.5 cm³/mol. The van der Waals surface area contributed by atoms with Crippen molar-refractivity contribution in [3.63, 3.8) is 0 Å². The summed E-state index contributed by atoms with van der Waals surface area (Å²) in [4.78, 5) is 2.51. The number of benzene rings is 1. The Morgan fingerprint density at radius 3 is 2.29 bits per heavy atom. The number of rotatable bonds is 4. The minimum absolute atomic E-state index is 0.355. The first-order valence-electron chi connectivity index (χ1n) is 7.75. The lowest BCUT2D eigenvalue weighted by Crippen LogP contribution is -2.48. The van der Waals surface area contributed by atoms with Crippen LogP contribution in [0.15, 0.2) is 35.5 Å². The fraction of sp³-hybridized carbons (Fsp3) is 0.467. The van der Waals surface area contributed by atoms with Crippen LogP contribution >= 0.6 is 12.2 Å². The summed E-state index contributed by atoms with van der Waals surface area (Å²) in [5.41, 5.74) is 1.05. The highest BCUT2D eigenvalue weighted by Crippen LogP contribution is 2.18. The molecule has 1 saturated heterocycles. The van der Waals surface area contributed by atoms with E-state index >= 15 is 0 Å². The van der Waals surface area contributed by atoms with E-state index in [0.29, 0.717) is 42.5 Å². The van der Waals surface area contributed by atoms with E-state index in [1.807, 2.05) is 26.1 Å². The largest absolute Gasteiger partial charge is 0.310 e. The number of sulfonamides is 1. The van der Waals surface area contributed by atoms with Gasteiger partial charge in [0.2, 0.25) is 10.0 Å². The van der Waals surface area contributed by atoms with Crippen molar-refractivity contribution in [2.45, 2.75) is 18.5 Å². The van der Waals surface area contributed by atoms with Gasteiger partial charge in [-0.15, -0.1) is 0 Å². The van der Waals surface area contributed by atoms with Gasteiger partial charge in [-0.1, -0.05) is 17.7 Å². The molecule has 1 aliphatic rings. The quantitative estimate of drug-likeness (QED) is 0.761. The molecule has 0 radical (unpaired) electrons. The Morgan fingerprint density at radius 2 is 1.75 bits per heavy atom. The van der Waals surface area contributed by atoms with E-state index in [4.69, 9.17) is 12.2 Å². The molecule has 7 nitrogen and oxygen atoms in total. The number of nitrogens with zero attached hydrogens (tertiary/aromatic N) is 5. The van der Waals surface area contributed by atoms with E-state index in [1.165, 1.54) is 0 Å². The highest BCUT2D eigenvalue weighted by atomic mass is 32.2. The molecule has 0 aliphatic carbocycles. The van der Waals surface area contributed by atoms with Gasteiger partial charge < -0.3 is 4.57 Å². The van der Waals surface area contributed by atoms with Crippen molar-refractivity contribution < 1.29 is 8.42 Å². The van der Waals surface area contributed by atoms with Gasteiger partial charge >= 0.3 is 0 Å². The first-order valence-corrected chi connectivity index (χ1v) is 9.60. The summed E-state index contributed by atoms with van der Waals surface area (Å²) in [7, 11) is -1.56. The van der Waals surface area contributed by atoms with Crippen LogP contribution < -0.4 is 0 Å². The van der Waals surface area contributed by atoms with Gasteiger partial charge in [0.05, 0.1) is 11.6 Å². The fourth-order valence-electron chi connectivity index (χ4n) is 2.68. The van der Waals surface area contributed by atoms with Crippen LogP contribution in [0.2, 0.25) is 0 Å². The molecule has 1 aromatic heterocycles. The summed E-state index contributed by atoms with van der Waals surface area (Å²) >= 11 is 5.28. The molecule has 1 aromatic carbocycles. The van der Waals surface area contributed by atoms with Crippen LogP contribution in [0.3, 0.4) is 0 Å². The molecule has 0 bridgehead atoms. The van der Waals surface area contributed by atoms with Crippen LogP contribution in [-0.2, 0) is 23.7 Å². The van der Waals surface area contributed by atoms with Gasteiger partial charge in [0.25, 0.3) is 0 Å². The second kappa shape index (κ2) is 6.75. The molecule has 24 heavy (non-hydrogen) atoms. The van der Waals surface area contributed by atoms with Gasteiger partial charge in [-0.2, -0.15) is 9.40 Å². The molecule has 3 rings (SSSR count). The number of aromatic nitrogens is 3. The summed E-state index contributed by atoms with van der Waals surface area (Å²) in [5.74, 6) is 0. The molecular formula is C15H21N5O2S2. The van der Waals surface area contributed by atoms with Crippen LogP contribution in [0, 0.1) is 11.7 Å². The molecule has 0 unspecified atom stereocenters. The first kappa shape index (κ1) is 17.3. The number of piperazine rings is 1. The monoisotopic (exact) mass is 367 g/mol. The van der Waals surface area contributed by atoms with Crippen molar-refractivity contribution >= 4 is 22.2 Å². The van der Waals surface area contributed by atoms with E-state index in [1.54, 1.807) is 32.0 Å². The van der Waals surface area contributed by atoms with Crippen molar-refractivity contribution in [2.24, 2.45) is 7.05 Å². The van der Waals surface area contributed by atoms with E-state index < -0.39 is 10.0 Å². The minimum Gasteiger partial charge on any atom is -0.310 e. The van der Waals surface area contributed by atoms with Crippen molar-refractivity contribution in [3.05, 3.63) is 40.9 Å². The zero-order chi connectivity index (χ0) is 17.3. The SMILES string of the molecule is Cc1ccc(S(=O)(=O)N2CCN(Cn3ncn(C)c3=S)CC2)cc1. The lowest BCUT2D eigenvalue weighted by molar-refractivity contribution is 0.144. The van der Waals surface area contributed by atoms with Crippen LogP contribution in [-0.4, -0.2) is 58.1 Å². The Labute approximate surface area is 147 Å². The summed E-state index contributed by atoms with van der Waals surface area (Å²) in [6.07, 6.45) is 1.68. The zero-order valence-electron chi connectivity index (χ0n) is 13.8. The van der Waals surface area contributed by atoms with Gasteiger partial charge in [0.1, 0.15) is 6.33 Å². The van der Waals surface area contributed by atoms with Crippen molar-refractivity contribution in [2.75, 3.05) is 26.2 Å². The average molecular weight is 368 g/mol. The van der Waals surface area contributed by atoms with Crippen LogP contribution in [0.5, 0.6) is 0 Å². The maximum atomic E-state index is 12.7. The van der Waals surface area contributed by atoms with Crippen LogP contribution in [0.4, 0.5) is 0 Å². The molecule has 9 heteroatoms. The molecule has 130 valence electrons. The van der Waals surface area contributed by atoms with Crippen LogP contribution in [0.25, 0.3) is 0 Å². The molecule has 0 saturated carbocycles. The maximum Gasteiger partial charge on any atom is 0.243 e. The Kier molecular flexibility index (Phi) is 4.86. The van der Waals surface area contributed by atoms with E-state index in [-0.39, 0.29) is 0 Å². The van der Waals surface area contributed by atoms with Crippen molar-refractivity contribution in [3.8, 4) is 0 Å². The number of hydrogen-bond donors (Lipinski definition) is 0. The summed E-state index contributed by atoms with van der Waals surface area (Å²) in [6.45, 7) is 4.77. The van der Waals surface area contributed by atoms with Gasteiger partial charge in [-0.05, 0) is 31.3 Å². The third-order valence-electron chi connectivity index (χ3n) is 4.21. The molecule has 0 N–H and O–H groups in total. The molecule has 0 spiro atoms. The Bertz CT molecular complexity index is 862. The van der Waals surface area contributed by atoms with Crippen molar-refractivity contribution in [1.29, 1.82) is 0 Å². The van der Waals surface area contributed by atoms with Crippen molar-refractivity contribution in [1.82, 2.24) is 23.6 Å². The predicted octanol–water partition coefficient (Wildman–Crippen LogP) is 1.22. The smallest absolute Gasteiger partial charge is 0.243 e. The molecule has 1 fully saturated rings. The fourth-order valence-corrected chi connectivity index (χ4v) is 4.25. The van der Waals surface area contributed by atoms with E-state index in [9.17, 15) is 8.42 Å². The third-order valence-corrected chi connectivity index (χ3v) is 6.62. The van der Waals surface area contributed by atoms with E-state index in [2.05, 4.69) is 10.00 Å². The number of aryl methyl sites for hydroxylation is 2. The van der Waals surface area contributed by atoms with E-state index in [0.717, 1.165) is 5.56 Å². The highest BCUT2D eigenvalue weighted by molar-refractivity contribution is 7.89. The lowest BCUT2D eigenvalue weighted by Gasteiger charge is -2.33. The van der Waals surface area contributed by atoms with Gasteiger partial charge in [0, 0.05) is 33.2 Å². The minimum atomic E-state index is -3.42. The Hall–Kier alpha value is -1.55. The number of hydrogen-bond acceptors (Lipinski definition) is 5. The molecule has 1 aliphatic heterocycles. The summed E-state index contributed by atoms with van der Waals surface area (Å²) in [6, 6.07) is 6.99. The molecule has 2 heterocycles. The second-order valence-corrected chi connectivity index (χ2v) is 8.30. The van der Waals surface area contributed by atoms with Gasteiger partial charge in [-0.3, -0.25) is 4.90 Å². The standard InChI is InChI=1S/C15H21N5O2S2/c1-13-3-5-14(6-4-13)24(21,22)19-9-7-18(8-10-19)12-20-15(23)17(2)11-16-20/h3-6,11H,7-10,12H2,1-2H3. The summed E-state index contributed by atoms with van der Waals surface area (Å²) in [5, 5.41) is 4.23. The lowest BCUT2D eigenvalue weighted by atomic mass is 10.2. The first-order chi connectivity index (χ1) is 11.4. The van der Waals surface area contributed by atoms with Gasteiger partial charge in [-0.25, -0.2) is 13.1 Å². The second-order valence-electron chi connectivity index (χ2n) is 6.00. The topological polar surface area (TPSA) is 63.4 Å². The Morgan fingerprint density at radius 1 is 1.12 bits per heavy atom.